The second kappa shape index (κ2) is 8.74. The summed E-state index contributed by atoms with van der Waals surface area (Å²) in [7, 11) is -0.713. The van der Waals surface area contributed by atoms with Crippen molar-refractivity contribution in [3.8, 4) is 0 Å². The monoisotopic (exact) mass is 456 g/mol. The van der Waals surface area contributed by atoms with Crippen LogP contribution >= 0.6 is 19.0 Å². The molecule has 0 fully saturated rings. The molecule has 4 aromatic carbocycles. The Morgan fingerprint density at radius 3 is 1.19 bits per heavy atom. The highest BCUT2D eigenvalue weighted by Crippen LogP contribution is 2.59. The molecule has 0 atom stereocenters. The molecule has 0 bridgehead atoms. The molecular weight excluding hydrogens is 438 g/mol. The quantitative estimate of drug-likeness (QED) is 0.328. The minimum Gasteiger partial charge on any atom is -0.237 e. The van der Waals surface area contributed by atoms with Crippen molar-refractivity contribution in [3.05, 3.63) is 120 Å². The zero-order valence-electron chi connectivity index (χ0n) is 16.6. The Hall–Kier alpha value is -2.81. The number of halogens is 4. The van der Waals surface area contributed by atoms with E-state index in [1.165, 1.54) is 36.4 Å². The van der Waals surface area contributed by atoms with E-state index in [0.29, 0.717) is 5.02 Å². The molecule has 156 valence electrons. The van der Waals surface area contributed by atoms with Crippen LogP contribution in [0.2, 0.25) is 5.02 Å². The van der Waals surface area contributed by atoms with Crippen LogP contribution in [0.4, 0.5) is 18.9 Å². The van der Waals surface area contributed by atoms with Gasteiger partial charge in [-0.1, -0.05) is 11.6 Å². The lowest BCUT2D eigenvalue weighted by Crippen LogP contribution is -2.42. The van der Waals surface area contributed by atoms with Gasteiger partial charge >= 0.3 is 0 Å². The number of hydrogen-bond acceptors (Lipinski definition) is 1. The third-order valence-corrected chi connectivity index (χ3v) is 9.77. The van der Waals surface area contributed by atoms with Crippen molar-refractivity contribution in [2.75, 3.05) is 11.7 Å². The first-order valence-electron chi connectivity index (χ1n) is 9.58. The Labute approximate surface area is 185 Å². The summed E-state index contributed by atoms with van der Waals surface area (Å²) in [5.74, 6) is -1.06. The van der Waals surface area contributed by atoms with Crippen LogP contribution in [0.15, 0.2) is 97.1 Å². The van der Waals surface area contributed by atoms with E-state index >= 15 is 0 Å². The molecule has 0 unspecified atom stereocenters. The van der Waals surface area contributed by atoms with Crippen molar-refractivity contribution in [1.29, 1.82) is 0 Å². The highest BCUT2D eigenvalue weighted by Gasteiger charge is 2.50. The third-order valence-electron chi connectivity index (χ3n) is 5.25. The Bertz CT molecular complexity index is 1050. The van der Waals surface area contributed by atoms with Gasteiger partial charge in [0.15, 0.2) is 0 Å². The molecule has 0 saturated carbocycles. The van der Waals surface area contributed by atoms with Gasteiger partial charge in [0.1, 0.15) is 33.4 Å². The summed E-state index contributed by atoms with van der Waals surface area (Å²) in [4.78, 5) is 0. The summed E-state index contributed by atoms with van der Waals surface area (Å²) in [6.45, 7) is 0. The van der Waals surface area contributed by atoms with Crippen molar-refractivity contribution in [3.63, 3.8) is 0 Å². The van der Waals surface area contributed by atoms with Gasteiger partial charge in [-0.2, -0.15) is 0 Å². The lowest BCUT2D eigenvalue weighted by atomic mass is 10.3. The van der Waals surface area contributed by atoms with Gasteiger partial charge in [0.2, 0.25) is 7.41 Å². The first-order valence-corrected chi connectivity index (χ1v) is 11.7. The Morgan fingerprint density at radius 1 is 0.548 bits per heavy atom. The molecule has 0 aliphatic carbocycles. The Kier molecular flexibility index (Phi) is 6.04. The first kappa shape index (κ1) is 21.4. The van der Waals surface area contributed by atoms with Gasteiger partial charge in [-0.25, -0.2) is 17.8 Å². The minimum atomic E-state index is -2.65. The van der Waals surface area contributed by atoms with Crippen LogP contribution in [0, 0.1) is 17.5 Å². The van der Waals surface area contributed by atoms with Gasteiger partial charge in [-0.15, -0.1) is 0 Å². The highest BCUT2D eigenvalue weighted by molar-refractivity contribution is 7.96. The average molecular weight is 457 g/mol. The minimum absolute atomic E-state index is 0.353. The maximum atomic E-state index is 13.8. The Morgan fingerprint density at radius 2 is 0.871 bits per heavy atom. The van der Waals surface area contributed by atoms with E-state index in [2.05, 4.69) is 4.67 Å². The van der Waals surface area contributed by atoms with Gasteiger partial charge in [-0.05, 0) is 97.1 Å². The molecule has 4 rings (SSSR count). The molecule has 0 aromatic heterocycles. The number of hydrogen-bond donors (Lipinski definition) is 0. The first-order chi connectivity index (χ1) is 14.9. The predicted octanol–water partition coefficient (Wildman–Crippen LogP) is 6.10. The molecule has 0 radical (unpaired) electrons. The second-order valence-electron chi connectivity index (χ2n) is 7.06. The molecule has 4 aromatic rings. The molecule has 0 N–H and O–H groups in total. The van der Waals surface area contributed by atoms with E-state index in [9.17, 15) is 13.2 Å². The van der Waals surface area contributed by atoms with E-state index < -0.39 is 7.41 Å². The van der Waals surface area contributed by atoms with Crippen molar-refractivity contribution < 1.29 is 13.2 Å². The van der Waals surface area contributed by atoms with Gasteiger partial charge < -0.3 is 0 Å². The van der Waals surface area contributed by atoms with Crippen molar-refractivity contribution >= 4 is 40.6 Å². The normalized spacial score (nSPS) is 11.4. The number of rotatable bonds is 5. The number of nitrogens with zero attached hydrogens (tertiary/aromatic N) is 1. The van der Waals surface area contributed by atoms with E-state index in [1.54, 1.807) is 48.5 Å². The number of anilines is 1. The van der Waals surface area contributed by atoms with Gasteiger partial charge in [-0.3, -0.25) is 0 Å². The topological polar surface area (TPSA) is 3.24 Å². The molecule has 0 aliphatic heterocycles. The van der Waals surface area contributed by atoms with Crippen LogP contribution in [0.5, 0.6) is 0 Å². The van der Waals surface area contributed by atoms with E-state index in [4.69, 9.17) is 11.6 Å². The van der Waals surface area contributed by atoms with E-state index in [-0.39, 0.29) is 17.5 Å². The summed E-state index contributed by atoms with van der Waals surface area (Å²) in [6, 6.07) is 26.3. The maximum Gasteiger partial charge on any atom is 0.202 e. The van der Waals surface area contributed by atoms with Gasteiger partial charge in [0.05, 0.1) is 5.69 Å². The average Bonchev–Trinajstić information content (AvgIpc) is 2.78. The zero-order valence-corrected chi connectivity index (χ0v) is 18.3. The molecular formula is C25H19ClF3NP+. The maximum absolute atomic E-state index is 13.8. The molecule has 31 heavy (non-hydrogen) atoms. The molecule has 0 amide bonds. The van der Waals surface area contributed by atoms with Crippen LogP contribution in [-0.4, -0.2) is 7.05 Å². The fraction of sp³-hybridized carbons (Fsp3) is 0.0400. The molecule has 6 heteroatoms. The summed E-state index contributed by atoms with van der Waals surface area (Å²) in [5.41, 5.74) is 0.871. The summed E-state index contributed by atoms with van der Waals surface area (Å²) in [6.07, 6.45) is 0. The van der Waals surface area contributed by atoms with Gasteiger partial charge in [0.25, 0.3) is 0 Å². The fourth-order valence-corrected chi connectivity index (χ4v) is 8.05. The van der Waals surface area contributed by atoms with Crippen molar-refractivity contribution in [2.45, 2.75) is 0 Å². The van der Waals surface area contributed by atoms with Crippen molar-refractivity contribution in [2.24, 2.45) is 0 Å². The van der Waals surface area contributed by atoms with E-state index in [0.717, 1.165) is 21.6 Å². The molecule has 0 aliphatic rings. The Balaban J connectivity index is 2.06. The molecule has 1 nitrogen and oxygen atoms in total. The van der Waals surface area contributed by atoms with Crippen LogP contribution in [0.3, 0.4) is 0 Å². The lowest BCUT2D eigenvalue weighted by molar-refractivity contribution is 0.628. The van der Waals surface area contributed by atoms with E-state index in [1.807, 2.05) is 19.2 Å². The highest BCUT2D eigenvalue weighted by atomic mass is 35.5. The van der Waals surface area contributed by atoms with Gasteiger partial charge in [0, 0.05) is 12.1 Å². The second-order valence-corrected chi connectivity index (χ2v) is 10.9. The number of benzene rings is 4. The molecule has 0 heterocycles. The summed E-state index contributed by atoms with van der Waals surface area (Å²) >= 11 is 6.10. The van der Waals surface area contributed by atoms with Crippen LogP contribution in [-0.2, 0) is 0 Å². The SMILES string of the molecule is CN(c1ccc(Cl)cc1)[P+](c1ccc(F)cc1)(c1ccc(F)cc1)c1ccc(F)cc1. The largest absolute Gasteiger partial charge is 0.237 e. The fourth-order valence-electron chi connectivity index (χ4n) is 3.77. The molecule has 0 saturated heterocycles. The van der Waals surface area contributed by atoms with Crippen molar-refractivity contribution in [1.82, 2.24) is 0 Å². The standard InChI is InChI=1S/C25H19ClF3NP/c1-30(22-10-2-18(26)3-11-22)31(23-12-4-19(27)5-13-23,24-14-6-20(28)7-15-24)25-16-8-21(29)9-17-25/h2-17H,1H3/q+1. The zero-order chi connectivity index (χ0) is 22.0. The van der Waals surface area contributed by atoms with Crippen LogP contribution in [0.25, 0.3) is 0 Å². The third kappa shape index (κ3) is 4.06. The summed E-state index contributed by atoms with van der Waals surface area (Å²) in [5, 5.41) is 3.16. The smallest absolute Gasteiger partial charge is 0.202 e. The van der Waals surface area contributed by atoms with Crippen LogP contribution < -0.4 is 20.6 Å². The van der Waals surface area contributed by atoms with Crippen LogP contribution in [0.1, 0.15) is 0 Å². The molecule has 0 spiro atoms. The lowest BCUT2D eigenvalue weighted by Gasteiger charge is -2.35. The summed E-state index contributed by atoms with van der Waals surface area (Å²) < 4.78 is 43.6. The predicted molar refractivity (Wildman–Crippen MR) is 125 cm³/mol.